The largest absolute Gasteiger partial charge is 0.416 e. The normalized spacial score (nSPS) is 17.5. The van der Waals surface area contributed by atoms with Crippen molar-refractivity contribution >= 4 is 22.9 Å². The van der Waals surface area contributed by atoms with Gasteiger partial charge in [0.15, 0.2) is 0 Å². The standard InChI is InChI=1S/C17H15ClF3N/c1-3-11-12(4-2)16(22)8-7-13(11)14-6-5-10(9-15(14)18)17(19,20)21/h4-9,22H,3H2,1-2H3/b12-4-,22-16?. The third-order valence-electron chi connectivity index (χ3n) is 3.59. The summed E-state index contributed by atoms with van der Waals surface area (Å²) in [6.45, 7) is 3.79. The van der Waals surface area contributed by atoms with Crippen LogP contribution in [0.25, 0.3) is 5.57 Å². The summed E-state index contributed by atoms with van der Waals surface area (Å²) in [4.78, 5) is 0. The lowest BCUT2D eigenvalue weighted by atomic mass is 9.85. The Morgan fingerprint density at radius 2 is 1.91 bits per heavy atom. The minimum atomic E-state index is -4.41. The topological polar surface area (TPSA) is 23.9 Å². The summed E-state index contributed by atoms with van der Waals surface area (Å²) in [5.41, 5.74) is 2.65. The molecule has 0 fully saturated rings. The van der Waals surface area contributed by atoms with Gasteiger partial charge in [0.25, 0.3) is 0 Å². The highest BCUT2D eigenvalue weighted by atomic mass is 35.5. The zero-order valence-electron chi connectivity index (χ0n) is 12.2. The first-order chi connectivity index (χ1) is 10.3. The van der Waals surface area contributed by atoms with Gasteiger partial charge in [-0.25, -0.2) is 0 Å². The molecule has 1 N–H and O–H groups in total. The van der Waals surface area contributed by atoms with Crippen molar-refractivity contribution < 1.29 is 13.2 Å². The third kappa shape index (κ3) is 3.02. The summed E-state index contributed by atoms with van der Waals surface area (Å²) in [6, 6.07) is 3.37. The van der Waals surface area contributed by atoms with E-state index in [0.717, 1.165) is 28.9 Å². The van der Waals surface area contributed by atoms with Gasteiger partial charge in [-0.15, -0.1) is 0 Å². The molecule has 0 spiro atoms. The van der Waals surface area contributed by atoms with Gasteiger partial charge in [-0.3, -0.25) is 0 Å². The van der Waals surface area contributed by atoms with Crippen molar-refractivity contribution in [2.24, 2.45) is 0 Å². The molecule has 1 nitrogen and oxygen atoms in total. The van der Waals surface area contributed by atoms with Crippen LogP contribution in [0.3, 0.4) is 0 Å². The molecule has 0 bridgehead atoms. The summed E-state index contributed by atoms with van der Waals surface area (Å²) in [6.07, 6.45) is 1.46. The van der Waals surface area contributed by atoms with Crippen molar-refractivity contribution in [3.05, 3.63) is 63.7 Å². The van der Waals surface area contributed by atoms with Crippen molar-refractivity contribution in [2.45, 2.75) is 26.4 Å². The Labute approximate surface area is 132 Å². The Kier molecular flexibility index (Phi) is 4.61. The molecule has 22 heavy (non-hydrogen) atoms. The van der Waals surface area contributed by atoms with Crippen LogP contribution < -0.4 is 0 Å². The van der Waals surface area contributed by atoms with Gasteiger partial charge >= 0.3 is 6.18 Å². The van der Waals surface area contributed by atoms with E-state index in [0.29, 0.717) is 17.7 Å². The van der Waals surface area contributed by atoms with Crippen LogP contribution in [0.2, 0.25) is 5.02 Å². The summed E-state index contributed by atoms with van der Waals surface area (Å²) in [7, 11) is 0. The van der Waals surface area contributed by atoms with Crippen LogP contribution in [-0.2, 0) is 6.18 Å². The van der Waals surface area contributed by atoms with Gasteiger partial charge in [0.1, 0.15) is 0 Å². The number of hydrogen-bond acceptors (Lipinski definition) is 1. The van der Waals surface area contributed by atoms with Crippen LogP contribution in [0.15, 0.2) is 47.6 Å². The molecule has 2 rings (SSSR count). The molecule has 0 saturated carbocycles. The van der Waals surface area contributed by atoms with Gasteiger partial charge in [0, 0.05) is 10.6 Å². The van der Waals surface area contributed by atoms with Gasteiger partial charge in [-0.05, 0) is 48.3 Å². The van der Waals surface area contributed by atoms with Crippen LogP contribution >= 0.6 is 11.6 Å². The number of halogens is 4. The summed E-state index contributed by atoms with van der Waals surface area (Å²) in [5.74, 6) is 0. The van der Waals surface area contributed by atoms with Gasteiger partial charge in [0.05, 0.1) is 11.3 Å². The van der Waals surface area contributed by atoms with E-state index in [4.69, 9.17) is 17.0 Å². The number of allylic oxidation sites excluding steroid dienone is 6. The highest BCUT2D eigenvalue weighted by molar-refractivity contribution is 6.33. The molecule has 0 aromatic heterocycles. The van der Waals surface area contributed by atoms with E-state index >= 15 is 0 Å². The highest BCUT2D eigenvalue weighted by Gasteiger charge is 2.31. The molecule has 0 saturated heterocycles. The Morgan fingerprint density at radius 3 is 2.41 bits per heavy atom. The smallest absolute Gasteiger partial charge is 0.300 e. The quantitative estimate of drug-likeness (QED) is 0.683. The first-order valence-electron chi connectivity index (χ1n) is 6.83. The third-order valence-corrected chi connectivity index (χ3v) is 3.90. The SMILES string of the molecule is C/C=C1\C(=N)C=CC(c2ccc(C(F)(F)F)cc2Cl)=C1CC. The van der Waals surface area contributed by atoms with Crippen molar-refractivity contribution in [3.8, 4) is 0 Å². The average molecular weight is 326 g/mol. The van der Waals surface area contributed by atoms with Crippen LogP contribution in [0, 0.1) is 5.41 Å². The molecule has 0 unspecified atom stereocenters. The molecule has 1 aliphatic carbocycles. The molecule has 0 amide bonds. The molecule has 0 atom stereocenters. The second-order valence-corrected chi connectivity index (χ2v) is 5.29. The lowest BCUT2D eigenvalue weighted by molar-refractivity contribution is -0.137. The molecule has 1 aromatic carbocycles. The minimum Gasteiger partial charge on any atom is -0.300 e. The van der Waals surface area contributed by atoms with Crippen molar-refractivity contribution in [3.63, 3.8) is 0 Å². The second-order valence-electron chi connectivity index (χ2n) is 4.89. The van der Waals surface area contributed by atoms with Gasteiger partial charge in [0.2, 0.25) is 0 Å². The predicted molar refractivity (Wildman–Crippen MR) is 84.3 cm³/mol. The molecule has 1 aliphatic rings. The van der Waals surface area contributed by atoms with Crippen LogP contribution in [-0.4, -0.2) is 5.71 Å². The van der Waals surface area contributed by atoms with E-state index < -0.39 is 11.7 Å². The average Bonchev–Trinajstić information content (AvgIpc) is 2.46. The van der Waals surface area contributed by atoms with Crippen LogP contribution in [0.4, 0.5) is 13.2 Å². The van der Waals surface area contributed by atoms with Crippen molar-refractivity contribution in [2.75, 3.05) is 0 Å². The summed E-state index contributed by atoms with van der Waals surface area (Å²) < 4.78 is 38.2. The Bertz CT molecular complexity index is 709. The van der Waals surface area contributed by atoms with E-state index in [1.54, 1.807) is 12.2 Å². The maximum absolute atomic E-state index is 12.7. The fraction of sp³-hybridized carbons (Fsp3) is 0.235. The molecule has 1 aromatic rings. The monoisotopic (exact) mass is 325 g/mol. The maximum Gasteiger partial charge on any atom is 0.416 e. The van der Waals surface area contributed by atoms with E-state index in [9.17, 15) is 13.2 Å². The van der Waals surface area contributed by atoms with Gasteiger partial charge < -0.3 is 5.41 Å². The number of rotatable bonds is 2. The number of hydrogen-bond donors (Lipinski definition) is 1. The molecule has 0 aliphatic heterocycles. The Balaban J connectivity index is 2.60. The molecule has 0 heterocycles. The van der Waals surface area contributed by atoms with E-state index in [2.05, 4.69) is 0 Å². The van der Waals surface area contributed by atoms with E-state index in [-0.39, 0.29) is 5.02 Å². The Morgan fingerprint density at radius 1 is 1.23 bits per heavy atom. The molecule has 116 valence electrons. The lowest BCUT2D eigenvalue weighted by Gasteiger charge is -2.20. The van der Waals surface area contributed by atoms with Crippen LogP contribution in [0.1, 0.15) is 31.4 Å². The summed E-state index contributed by atoms with van der Waals surface area (Å²) >= 11 is 6.08. The summed E-state index contributed by atoms with van der Waals surface area (Å²) in [5, 5.41) is 7.99. The zero-order valence-corrected chi connectivity index (χ0v) is 12.9. The minimum absolute atomic E-state index is 0.0595. The second kappa shape index (κ2) is 6.13. The van der Waals surface area contributed by atoms with Gasteiger partial charge in [-0.2, -0.15) is 13.2 Å². The van der Waals surface area contributed by atoms with Gasteiger partial charge in [-0.1, -0.05) is 36.7 Å². The molecule has 0 radical (unpaired) electrons. The fourth-order valence-corrected chi connectivity index (χ4v) is 2.82. The van der Waals surface area contributed by atoms with E-state index in [1.807, 2.05) is 19.9 Å². The fourth-order valence-electron chi connectivity index (χ4n) is 2.54. The Hall–Kier alpha value is -1.81. The van der Waals surface area contributed by atoms with Crippen molar-refractivity contribution in [1.82, 2.24) is 0 Å². The molecule has 5 heteroatoms. The number of alkyl halides is 3. The number of nitrogens with one attached hydrogen (secondary N) is 1. The van der Waals surface area contributed by atoms with Crippen molar-refractivity contribution in [1.29, 1.82) is 5.41 Å². The molecular formula is C17H15ClF3N. The maximum atomic E-state index is 12.7. The zero-order chi connectivity index (χ0) is 16.5. The number of benzene rings is 1. The van der Waals surface area contributed by atoms with E-state index in [1.165, 1.54) is 6.07 Å². The first kappa shape index (κ1) is 16.6. The van der Waals surface area contributed by atoms with Crippen LogP contribution in [0.5, 0.6) is 0 Å². The highest BCUT2D eigenvalue weighted by Crippen LogP contribution is 2.38. The molecular weight excluding hydrogens is 311 g/mol. The first-order valence-corrected chi connectivity index (χ1v) is 7.21. The predicted octanol–water partition coefficient (Wildman–Crippen LogP) is 6.06. The lowest BCUT2D eigenvalue weighted by Crippen LogP contribution is -2.09.